The van der Waals surface area contributed by atoms with Crippen LogP contribution in [0.25, 0.3) is 0 Å². The number of hydrogen-bond acceptors (Lipinski definition) is 2. The van der Waals surface area contributed by atoms with Crippen LogP contribution >= 0.6 is 0 Å². The van der Waals surface area contributed by atoms with Crippen molar-refractivity contribution in [3.63, 3.8) is 0 Å². The van der Waals surface area contributed by atoms with E-state index in [4.69, 9.17) is 5.26 Å². The van der Waals surface area contributed by atoms with Crippen molar-refractivity contribution in [2.45, 2.75) is 6.54 Å². The number of nitriles is 1. The highest BCUT2D eigenvalue weighted by Crippen LogP contribution is 2.02. The summed E-state index contributed by atoms with van der Waals surface area (Å²) >= 11 is 0. The molecule has 1 unspecified atom stereocenters. The lowest BCUT2D eigenvalue weighted by Crippen LogP contribution is -2.14. The monoisotopic (exact) mass is 194 g/mol. The van der Waals surface area contributed by atoms with Crippen LogP contribution in [0.1, 0.15) is 11.1 Å². The first kappa shape index (κ1) is 9.90. The molecule has 1 rings (SSSR count). The van der Waals surface area contributed by atoms with Crippen LogP contribution in [0.2, 0.25) is 0 Å². The summed E-state index contributed by atoms with van der Waals surface area (Å²) in [5, 5.41) is 8.53. The van der Waals surface area contributed by atoms with Crippen molar-refractivity contribution in [2.24, 2.45) is 0 Å². The molecule has 4 heteroatoms. The standard InChI is InChI=1S/C9H10N2OS/c1-13(12)11-7-9-4-2-8(6-10)3-5-9/h2-5,11H,7H2,1H3. The SMILES string of the molecule is CS(=O)NCc1ccc(C#N)cc1. The Balaban J connectivity index is 2.60. The molecule has 1 atom stereocenters. The molecular weight excluding hydrogens is 184 g/mol. The minimum absolute atomic E-state index is 0.564. The van der Waals surface area contributed by atoms with Crippen molar-refractivity contribution in [3.05, 3.63) is 35.4 Å². The van der Waals surface area contributed by atoms with E-state index in [0.717, 1.165) is 5.56 Å². The predicted octanol–water partition coefficient (Wildman–Crippen LogP) is 0.941. The van der Waals surface area contributed by atoms with Gasteiger partial charge in [0.1, 0.15) is 0 Å². The van der Waals surface area contributed by atoms with Gasteiger partial charge in [0.15, 0.2) is 0 Å². The molecule has 0 amide bonds. The van der Waals surface area contributed by atoms with Gasteiger partial charge in [0.25, 0.3) is 0 Å². The van der Waals surface area contributed by atoms with Gasteiger partial charge < -0.3 is 0 Å². The van der Waals surface area contributed by atoms with Crippen LogP contribution in [-0.2, 0) is 17.5 Å². The fraction of sp³-hybridized carbons (Fsp3) is 0.222. The molecule has 68 valence electrons. The molecule has 1 aromatic carbocycles. The average molecular weight is 194 g/mol. The molecule has 0 saturated carbocycles. The maximum Gasteiger partial charge on any atom is 0.0991 e. The highest BCUT2D eigenvalue weighted by atomic mass is 32.2. The summed E-state index contributed by atoms with van der Waals surface area (Å²) in [6.45, 7) is 0.564. The lowest BCUT2D eigenvalue weighted by Gasteiger charge is -2.00. The van der Waals surface area contributed by atoms with Gasteiger partial charge in [-0.2, -0.15) is 5.26 Å². The van der Waals surface area contributed by atoms with Crippen LogP contribution in [0.5, 0.6) is 0 Å². The van der Waals surface area contributed by atoms with Gasteiger partial charge >= 0.3 is 0 Å². The number of hydrogen-bond donors (Lipinski definition) is 1. The zero-order chi connectivity index (χ0) is 9.68. The van der Waals surface area contributed by atoms with E-state index < -0.39 is 11.0 Å². The number of benzene rings is 1. The Hall–Kier alpha value is -1.18. The lowest BCUT2D eigenvalue weighted by molar-refractivity contribution is 0.676. The van der Waals surface area contributed by atoms with Crippen molar-refractivity contribution in [1.29, 1.82) is 5.26 Å². The van der Waals surface area contributed by atoms with Crippen molar-refractivity contribution in [3.8, 4) is 6.07 Å². The third-order valence-electron chi connectivity index (χ3n) is 1.56. The second kappa shape index (κ2) is 4.75. The zero-order valence-corrected chi connectivity index (χ0v) is 8.10. The summed E-state index contributed by atoms with van der Waals surface area (Å²) in [5.74, 6) is 0. The Morgan fingerprint density at radius 3 is 2.54 bits per heavy atom. The fourth-order valence-corrected chi connectivity index (χ4v) is 1.25. The van der Waals surface area contributed by atoms with Crippen LogP contribution in [0.4, 0.5) is 0 Å². The molecule has 3 nitrogen and oxygen atoms in total. The molecule has 13 heavy (non-hydrogen) atoms. The van der Waals surface area contributed by atoms with Gasteiger partial charge in [-0.1, -0.05) is 12.1 Å². The van der Waals surface area contributed by atoms with E-state index in [0.29, 0.717) is 12.1 Å². The maximum absolute atomic E-state index is 10.7. The van der Waals surface area contributed by atoms with Gasteiger partial charge in [0.2, 0.25) is 0 Å². The van der Waals surface area contributed by atoms with Crippen LogP contribution in [-0.4, -0.2) is 10.5 Å². The third-order valence-corrected chi connectivity index (χ3v) is 2.11. The molecular formula is C9H10N2OS. The summed E-state index contributed by atoms with van der Waals surface area (Å²) in [5.41, 5.74) is 1.66. The first-order valence-corrected chi connectivity index (χ1v) is 5.34. The molecule has 0 aromatic heterocycles. The lowest BCUT2D eigenvalue weighted by atomic mass is 10.1. The van der Waals surface area contributed by atoms with E-state index in [-0.39, 0.29) is 0 Å². The van der Waals surface area contributed by atoms with Gasteiger partial charge in [-0.3, -0.25) is 0 Å². The normalized spacial score (nSPS) is 12.0. The number of nitrogens with zero attached hydrogens (tertiary/aromatic N) is 1. The molecule has 0 bridgehead atoms. The Kier molecular flexibility index (Phi) is 3.62. The summed E-state index contributed by atoms with van der Waals surface area (Å²) in [6.07, 6.45) is 1.59. The molecule has 0 aliphatic heterocycles. The van der Waals surface area contributed by atoms with Crippen molar-refractivity contribution in [2.75, 3.05) is 6.26 Å². The first-order valence-electron chi connectivity index (χ1n) is 3.78. The molecule has 1 N–H and O–H groups in total. The molecule has 0 saturated heterocycles. The maximum atomic E-state index is 10.7. The molecule has 0 aliphatic carbocycles. The van der Waals surface area contributed by atoms with Crippen molar-refractivity contribution in [1.82, 2.24) is 4.72 Å². The summed E-state index contributed by atoms with van der Waals surface area (Å²) in [6, 6.07) is 9.22. The minimum atomic E-state index is -0.988. The molecule has 0 aliphatic rings. The third kappa shape index (κ3) is 3.36. The summed E-state index contributed by atoms with van der Waals surface area (Å²) in [7, 11) is -0.988. The summed E-state index contributed by atoms with van der Waals surface area (Å²) in [4.78, 5) is 0. The smallest absolute Gasteiger partial charge is 0.0991 e. The van der Waals surface area contributed by atoms with E-state index >= 15 is 0 Å². The molecule has 0 heterocycles. The van der Waals surface area contributed by atoms with E-state index in [1.165, 1.54) is 0 Å². The first-order chi connectivity index (χ1) is 6.22. The minimum Gasteiger partial charge on any atom is -0.243 e. The van der Waals surface area contributed by atoms with E-state index in [1.807, 2.05) is 18.2 Å². The van der Waals surface area contributed by atoms with Crippen LogP contribution in [0, 0.1) is 11.3 Å². The van der Waals surface area contributed by atoms with Crippen LogP contribution < -0.4 is 4.72 Å². The second-order valence-corrected chi connectivity index (χ2v) is 3.78. The fourth-order valence-electron chi connectivity index (χ4n) is 0.882. The van der Waals surface area contributed by atoms with Gasteiger partial charge in [-0.25, -0.2) is 8.93 Å². The van der Waals surface area contributed by atoms with Crippen molar-refractivity contribution >= 4 is 11.0 Å². The highest BCUT2D eigenvalue weighted by Gasteiger charge is 1.94. The van der Waals surface area contributed by atoms with E-state index in [1.54, 1.807) is 18.4 Å². The molecule has 0 spiro atoms. The quantitative estimate of drug-likeness (QED) is 0.778. The van der Waals surface area contributed by atoms with E-state index in [2.05, 4.69) is 4.72 Å². The topological polar surface area (TPSA) is 52.9 Å². The molecule has 1 aromatic rings. The van der Waals surface area contributed by atoms with Gasteiger partial charge in [0, 0.05) is 12.8 Å². The van der Waals surface area contributed by atoms with E-state index in [9.17, 15) is 4.21 Å². The predicted molar refractivity (Wildman–Crippen MR) is 52.1 cm³/mol. The zero-order valence-electron chi connectivity index (χ0n) is 7.28. The van der Waals surface area contributed by atoms with Gasteiger partial charge in [0.05, 0.1) is 22.6 Å². The van der Waals surface area contributed by atoms with Crippen molar-refractivity contribution < 1.29 is 4.21 Å². The number of nitrogens with one attached hydrogen (secondary N) is 1. The van der Waals surface area contributed by atoms with Crippen LogP contribution in [0.3, 0.4) is 0 Å². The summed E-state index contributed by atoms with van der Waals surface area (Å²) < 4.78 is 13.5. The Labute approximate surface area is 80.0 Å². The Bertz CT molecular complexity index is 340. The van der Waals surface area contributed by atoms with Gasteiger partial charge in [-0.15, -0.1) is 0 Å². The molecule has 0 fully saturated rings. The number of rotatable bonds is 3. The highest BCUT2D eigenvalue weighted by molar-refractivity contribution is 7.82. The molecule has 0 radical (unpaired) electrons. The van der Waals surface area contributed by atoms with Gasteiger partial charge in [-0.05, 0) is 17.7 Å². The largest absolute Gasteiger partial charge is 0.243 e. The Morgan fingerprint density at radius 2 is 2.08 bits per heavy atom. The second-order valence-electron chi connectivity index (χ2n) is 2.58. The van der Waals surface area contributed by atoms with Crippen LogP contribution in [0.15, 0.2) is 24.3 Å². The Morgan fingerprint density at radius 1 is 1.46 bits per heavy atom. The average Bonchev–Trinajstić information content (AvgIpc) is 2.15.